The minimum atomic E-state index is 1.13. The Hall–Kier alpha value is -5.86. The normalized spacial score (nSPS) is 11.2. The third-order valence-corrected chi connectivity index (χ3v) is 8.39. The Morgan fingerprint density at radius 3 is 1.36 bits per heavy atom. The number of benzene rings is 7. The van der Waals surface area contributed by atoms with Gasteiger partial charge in [0.2, 0.25) is 0 Å². The van der Waals surface area contributed by atoms with E-state index in [1.807, 2.05) is 0 Å². The first kappa shape index (κ1) is 25.8. The number of anilines is 3. The minimum Gasteiger partial charge on any atom is -0.311 e. The summed E-state index contributed by atoms with van der Waals surface area (Å²) in [7, 11) is 0. The highest BCUT2D eigenvalue weighted by atomic mass is 15.1. The Morgan fingerprint density at radius 2 is 0.750 bits per heavy atom. The summed E-state index contributed by atoms with van der Waals surface area (Å²) in [6.07, 6.45) is 0. The van der Waals surface area contributed by atoms with Gasteiger partial charge in [-0.25, -0.2) is 0 Å². The second-order valence-corrected chi connectivity index (χ2v) is 11.1. The van der Waals surface area contributed by atoms with Gasteiger partial charge in [-0.15, -0.1) is 0 Å². The van der Waals surface area contributed by atoms with Crippen LogP contribution in [0.3, 0.4) is 0 Å². The van der Waals surface area contributed by atoms with Crippen molar-refractivity contribution in [2.75, 3.05) is 4.90 Å². The van der Waals surface area contributed by atoms with Crippen molar-refractivity contribution >= 4 is 38.9 Å². The largest absolute Gasteiger partial charge is 0.311 e. The number of fused-ring (bicyclic) bond motifs is 3. The maximum absolute atomic E-state index is 2.36. The summed E-state index contributed by atoms with van der Waals surface area (Å²) in [5.41, 5.74) is 11.9. The van der Waals surface area contributed by atoms with Crippen molar-refractivity contribution in [1.29, 1.82) is 0 Å². The molecule has 0 unspecified atom stereocenters. The summed E-state index contributed by atoms with van der Waals surface area (Å²) in [6, 6.07) is 65.0. The number of hydrogen-bond donors (Lipinski definition) is 0. The van der Waals surface area contributed by atoms with Crippen LogP contribution in [-0.2, 0) is 0 Å². The van der Waals surface area contributed by atoms with Crippen LogP contribution in [0.2, 0.25) is 0 Å². The number of aromatic nitrogens is 1. The van der Waals surface area contributed by atoms with E-state index in [4.69, 9.17) is 0 Å². The third kappa shape index (κ3) is 4.63. The molecule has 2 nitrogen and oxygen atoms in total. The summed E-state index contributed by atoms with van der Waals surface area (Å²) in [4.78, 5) is 2.29. The lowest BCUT2D eigenvalue weighted by Gasteiger charge is -2.25. The van der Waals surface area contributed by atoms with Crippen molar-refractivity contribution in [3.8, 4) is 27.9 Å². The van der Waals surface area contributed by atoms with Crippen LogP contribution in [0.5, 0.6) is 0 Å². The molecule has 1 heterocycles. The van der Waals surface area contributed by atoms with Gasteiger partial charge in [-0.2, -0.15) is 0 Å². The molecule has 7 aromatic carbocycles. The van der Waals surface area contributed by atoms with E-state index in [0.717, 1.165) is 17.1 Å². The van der Waals surface area contributed by atoms with Crippen LogP contribution in [0.4, 0.5) is 17.1 Å². The first-order valence-electron chi connectivity index (χ1n) is 15.0. The predicted molar refractivity (Wildman–Crippen MR) is 186 cm³/mol. The lowest BCUT2D eigenvalue weighted by molar-refractivity contribution is 1.18. The summed E-state index contributed by atoms with van der Waals surface area (Å²) in [5.74, 6) is 0. The van der Waals surface area contributed by atoms with Crippen molar-refractivity contribution in [2.45, 2.75) is 0 Å². The molecule has 208 valence electrons. The summed E-state index contributed by atoms with van der Waals surface area (Å²) < 4.78 is 2.36. The van der Waals surface area contributed by atoms with Gasteiger partial charge in [0.1, 0.15) is 0 Å². The number of nitrogens with zero attached hydrogens (tertiary/aromatic N) is 2. The Morgan fingerprint density at radius 1 is 0.318 bits per heavy atom. The van der Waals surface area contributed by atoms with Gasteiger partial charge in [0, 0.05) is 33.5 Å². The molecule has 0 aliphatic rings. The molecule has 0 saturated heterocycles. The fraction of sp³-hybridized carbons (Fsp3) is 0. The molecule has 0 fully saturated rings. The predicted octanol–water partition coefficient (Wildman–Crippen LogP) is 11.6. The molecule has 1 aromatic heterocycles. The Bertz CT molecular complexity index is 2140. The first-order chi connectivity index (χ1) is 21.8. The molecule has 0 spiro atoms. The molecule has 44 heavy (non-hydrogen) atoms. The summed E-state index contributed by atoms with van der Waals surface area (Å²) in [5, 5.41) is 2.54. The van der Waals surface area contributed by atoms with Crippen LogP contribution in [0.15, 0.2) is 182 Å². The zero-order chi connectivity index (χ0) is 29.3. The molecule has 2 heteroatoms. The molecule has 0 atom stereocenters. The molecule has 0 radical (unpaired) electrons. The smallest absolute Gasteiger partial charge is 0.0541 e. The highest BCUT2D eigenvalue weighted by molar-refractivity contribution is 6.10. The van der Waals surface area contributed by atoms with Gasteiger partial charge in [0.05, 0.1) is 11.0 Å². The Kier molecular flexibility index (Phi) is 6.51. The van der Waals surface area contributed by atoms with Crippen LogP contribution in [0.25, 0.3) is 49.7 Å². The van der Waals surface area contributed by atoms with Gasteiger partial charge in [-0.1, -0.05) is 115 Å². The van der Waals surface area contributed by atoms with E-state index in [2.05, 4.69) is 191 Å². The third-order valence-electron chi connectivity index (χ3n) is 8.39. The fourth-order valence-electron chi connectivity index (χ4n) is 6.27. The first-order valence-corrected chi connectivity index (χ1v) is 15.0. The molecule has 8 aromatic rings. The van der Waals surface area contributed by atoms with E-state index < -0.39 is 0 Å². The minimum absolute atomic E-state index is 1.13. The van der Waals surface area contributed by atoms with Crippen molar-refractivity contribution in [1.82, 2.24) is 4.57 Å². The van der Waals surface area contributed by atoms with Crippen LogP contribution in [0.1, 0.15) is 0 Å². The number of rotatable bonds is 6. The highest BCUT2D eigenvalue weighted by Crippen LogP contribution is 2.37. The average molecular weight is 563 g/mol. The van der Waals surface area contributed by atoms with Crippen molar-refractivity contribution in [3.63, 3.8) is 0 Å². The molecule has 8 rings (SSSR count). The molecule has 0 aliphatic heterocycles. The second-order valence-electron chi connectivity index (χ2n) is 11.1. The monoisotopic (exact) mass is 562 g/mol. The lowest BCUT2D eigenvalue weighted by atomic mass is 9.99. The van der Waals surface area contributed by atoms with E-state index in [1.165, 1.54) is 49.7 Å². The van der Waals surface area contributed by atoms with Gasteiger partial charge >= 0.3 is 0 Å². The van der Waals surface area contributed by atoms with Crippen LogP contribution in [-0.4, -0.2) is 4.57 Å². The maximum Gasteiger partial charge on any atom is 0.0541 e. The zero-order valence-electron chi connectivity index (χ0n) is 24.2. The van der Waals surface area contributed by atoms with E-state index in [-0.39, 0.29) is 0 Å². The molecule has 0 aliphatic carbocycles. The summed E-state index contributed by atoms with van der Waals surface area (Å²) in [6.45, 7) is 0. The molecular formula is C42H30N2. The van der Waals surface area contributed by atoms with E-state index in [0.29, 0.717) is 0 Å². The van der Waals surface area contributed by atoms with Gasteiger partial charge in [0.15, 0.2) is 0 Å². The van der Waals surface area contributed by atoms with Crippen molar-refractivity contribution in [3.05, 3.63) is 182 Å². The number of hydrogen-bond acceptors (Lipinski definition) is 1. The van der Waals surface area contributed by atoms with Gasteiger partial charge < -0.3 is 9.47 Å². The molecule has 0 saturated carbocycles. The quantitative estimate of drug-likeness (QED) is 0.196. The lowest BCUT2D eigenvalue weighted by Crippen LogP contribution is -2.09. The summed E-state index contributed by atoms with van der Waals surface area (Å²) >= 11 is 0. The average Bonchev–Trinajstić information content (AvgIpc) is 3.44. The second kappa shape index (κ2) is 11.1. The molecular weight excluding hydrogens is 532 g/mol. The molecule has 0 N–H and O–H groups in total. The van der Waals surface area contributed by atoms with E-state index in [1.54, 1.807) is 0 Å². The maximum atomic E-state index is 2.36. The standard InChI is InChI=1S/C42H30N2/c1-4-12-35(13-5-1)43(36-14-6-2-7-15-36)38-27-24-32(25-28-38)31-20-22-33(23-21-31)34-26-29-42-40(30-34)39-18-10-11-19-41(39)44(42)37-16-8-3-9-17-37/h1-30H. The topological polar surface area (TPSA) is 8.17 Å². The van der Waals surface area contributed by atoms with Crippen LogP contribution >= 0.6 is 0 Å². The SMILES string of the molecule is c1ccc(N(c2ccccc2)c2ccc(-c3ccc(-c4ccc5c(c4)c4ccccc4n5-c4ccccc4)cc3)cc2)cc1. The molecule has 0 bridgehead atoms. The highest BCUT2D eigenvalue weighted by Gasteiger charge is 2.14. The molecule has 0 amide bonds. The zero-order valence-corrected chi connectivity index (χ0v) is 24.2. The van der Waals surface area contributed by atoms with Gasteiger partial charge in [0.25, 0.3) is 0 Å². The van der Waals surface area contributed by atoms with Crippen molar-refractivity contribution < 1.29 is 0 Å². The van der Waals surface area contributed by atoms with Gasteiger partial charge in [-0.3, -0.25) is 0 Å². The van der Waals surface area contributed by atoms with E-state index in [9.17, 15) is 0 Å². The van der Waals surface area contributed by atoms with Gasteiger partial charge in [-0.05, 0) is 89.0 Å². The Balaban J connectivity index is 1.12. The van der Waals surface area contributed by atoms with Crippen LogP contribution in [0, 0.1) is 0 Å². The fourth-order valence-corrected chi connectivity index (χ4v) is 6.27. The Labute approximate surface area is 257 Å². The van der Waals surface area contributed by atoms with E-state index >= 15 is 0 Å². The van der Waals surface area contributed by atoms with Crippen molar-refractivity contribution in [2.24, 2.45) is 0 Å². The number of para-hydroxylation sites is 4. The van der Waals surface area contributed by atoms with Crippen LogP contribution < -0.4 is 4.90 Å².